The monoisotopic (exact) mass is 285 g/mol. The van der Waals surface area contributed by atoms with Gasteiger partial charge in [-0.3, -0.25) is 16.3 Å². The van der Waals surface area contributed by atoms with Crippen LogP contribution in [-0.4, -0.2) is 11.1 Å². The minimum atomic E-state index is 0.0859. The van der Waals surface area contributed by atoms with E-state index in [0.29, 0.717) is 0 Å². The van der Waals surface area contributed by atoms with E-state index in [1.165, 1.54) is 0 Å². The van der Waals surface area contributed by atoms with E-state index in [-0.39, 0.29) is 12.1 Å². The number of aryl methyl sites for hydroxylation is 1. The summed E-state index contributed by atoms with van der Waals surface area (Å²) in [5.41, 5.74) is 5.09. The number of ether oxygens (including phenoxy) is 1. The molecule has 1 aromatic heterocycles. The third-order valence-electron chi connectivity index (χ3n) is 3.25. The molecule has 0 amide bonds. The van der Waals surface area contributed by atoms with E-state index in [4.69, 9.17) is 10.6 Å². The fraction of sp³-hybridized carbons (Fsp3) is 0.353. The molecule has 0 fully saturated rings. The maximum absolute atomic E-state index is 5.73. The van der Waals surface area contributed by atoms with Gasteiger partial charge in [0.2, 0.25) is 0 Å². The number of rotatable bonds is 7. The molecule has 4 heteroatoms. The Bertz CT molecular complexity index is 543. The molecule has 21 heavy (non-hydrogen) atoms. The molecule has 0 saturated heterocycles. The zero-order chi connectivity index (χ0) is 15.1. The van der Waals surface area contributed by atoms with Gasteiger partial charge in [0.15, 0.2) is 0 Å². The highest BCUT2D eigenvalue weighted by molar-refractivity contribution is 5.30. The van der Waals surface area contributed by atoms with Gasteiger partial charge in [0.25, 0.3) is 0 Å². The largest absolute Gasteiger partial charge is 0.491 e. The molecule has 2 aromatic rings. The van der Waals surface area contributed by atoms with Crippen LogP contribution in [0.25, 0.3) is 0 Å². The lowest BCUT2D eigenvalue weighted by atomic mass is 10.0. The van der Waals surface area contributed by atoms with Gasteiger partial charge in [0, 0.05) is 17.9 Å². The molecule has 4 nitrogen and oxygen atoms in total. The molecule has 3 N–H and O–H groups in total. The van der Waals surface area contributed by atoms with Gasteiger partial charge < -0.3 is 4.74 Å². The Morgan fingerprint density at radius 3 is 2.71 bits per heavy atom. The normalized spacial score (nSPS) is 12.4. The number of hydrazine groups is 1. The van der Waals surface area contributed by atoms with Gasteiger partial charge in [0.05, 0.1) is 6.10 Å². The topological polar surface area (TPSA) is 60.2 Å². The second kappa shape index (κ2) is 7.76. The Labute approximate surface area is 126 Å². The van der Waals surface area contributed by atoms with Crippen LogP contribution in [0.4, 0.5) is 0 Å². The number of hydrogen-bond donors (Lipinski definition) is 2. The smallest absolute Gasteiger partial charge is 0.120 e. The van der Waals surface area contributed by atoms with Crippen LogP contribution < -0.4 is 16.0 Å². The van der Waals surface area contributed by atoms with Crippen molar-refractivity contribution in [1.29, 1.82) is 0 Å². The van der Waals surface area contributed by atoms with E-state index in [9.17, 15) is 0 Å². The van der Waals surface area contributed by atoms with Crippen molar-refractivity contribution in [1.82, 2.24) is 10.4 Å². The molecule has 1 unspecified atom stereocenters. The van der Waals surface area contributed by atoms with Gasteiger partial charge in [-0.1, -0.05) is 18.2 Å². The van der Waals surface area contributed by atoms with Crippen LogP contribution in [0.2, 0.25) is 0 Å². The lowest BCUT2D eigenvalue weighted by Gasteiger charge is -2.18. The highest BCUT2D eigenvalue weighted by atomic mass is 16.5. The lowest BCUT2D eigenvalue weighted by molar-refractivity contribution is 0.242. The maximum Gasteiger partial charge on any atom is 0.120 e. The zero-order valence-electron chi connectivity index (χ0n) is 12.6. The molecule has 0 aliphatic rings. The highest BCUT2D eigenvalue weighted by Crippen LogP contribution is 2.23. The highest BCUT2D eigenvalue weighted by Gasteiger charge is 2.11. The summed E-state index contributed by atoms with van der Waals surface area (Å²) in [6.07, 6.45) is 3.75. The van der Waals surface area contributed by atoms with Gasteiger partial charge in [-0.15, -0.1) is 0 Å². The summed E-state index contributed by atoms with van der Waals surface area (Å²) in [6.45, 7) is 4.04. The summed E-state index contributed by atoms with van der Waals surface area (Å²) in [7, 11) is 0. The van der Waals surface area contributed by atoms with Gasteiger partial charge in [-0.05, 0) is 56.5 Å². The molecule has 0 aliphatic carbocycles. The second-order valence-electron chi connectivity index (χ2n) is 5.32. The summed E-state index contributed by atoms with van der Waals surface area (Å²) in [5.74, 6) is 6.58. The van der Waals surface area contributed by atoms with Gasteiger partial charge in [-0.25, -0.2) is 0 Å². The molecule has 0 spiro atoms. The van der Waals surface area contributed by atoms with Crippen LogP contribution in [0.1, 0.15) is 37.6 Å². The predicted molar refractivity (Wildman–Crippen MR) is 84.8 cm³/mol. The molecule has 1 atom stereocenters. The first-order valence-corrected chi connectivity index (χ1v) is 7.31. The molecule has 0 radical (unpaired) electrons. The molecular formula is C17H23N3O. The fourth-order valence-corrected chi connectivity index (χ4v) is 2.26. The van der Waals surface area contributed by atoms with Crippen molar-refractivity contribution in [3.05, 3.63) is 59.9 Å². The van der Waals surface area contributed by atoms with Crippen LogP contribution in [0.5, 0.6) is 5.75 Å². The molecule has 2 rings (SSSR count). The SMILES string of the molecule is CC(C)Oc1cccc(C(CCc2ccccn2)NN)c1. The molecule has 1 aromatic carbocycles. The zero-order valence-corrected chi connectivity index (χ0v) is 12.6. The van der Waals surface area contributed by atoms with Crippen molar-refractivity contribution in [3.63, 3.8) is 0 Å². The van der Waals surface area contributed by atoms with Crippen molar-refractivity contribution < 1.29 is 4.74 Å². The molecule has 112 valence electrons. The summed E-state index contributed by atoms with van der Waals surface area (Å²) in [6, 6.07) is 14.1. The Hall–Kier alpha value is -1.91. The third-order valence-corrected chi connectivity index (χ3v) is 3.25. The molecule has 0 bridgehead atoms. The number of hydrogen-bond acceptors (Lipinski definition) is 4. The molecule has 0 aliphatic heterocycles. The Morgan fingerprint density at radius 2 is 2.05 bits per heavy atom. The van der Waals surface area contributed by atoms with Crippen LogP contribution in [-0.2, 0) is 6.42 Å². The van der Waals surface area contributed by atoms with Gasteiger partial charge >= 0.3 is 0 Å². The Balaban J connectivity index is 2.03. The van der Waals surface area contributed by atoms with E-state index in [0.717, 1.165) is 29.8 Å². The van der Waals surface area contributed by atoms with Crippen molar-refractivity contribution in [3.8, 4) is 5.75 Å². The quantitative estimate of drug-likeness (QED) is 0.606. The van der Waals surface area contributed by atoms with Crippen LogP contribution in [0.15, 0.2) is 48.7 Å². The number of pyridine rings is 1. The first kappa shape index (κ1) is 15.5. The predicted octanol–water partition coefficient (Wildman–Crippen LogP) is 3.01. The average Bonchev–Trinajstić information content (AvgIpc) is 2.49. The fourth-order valence-electron chi connectivity index (χ4n) is 2.26. The summed E-state index contributed by atoms with van der Waals surface area (Å²) < 4.78 is 5.73. The summed E-state index contributed by atoms with van der Waals surface area (Å²) >= 11 is 0. The number of benzene rings is 1. The van der Waals surface area contributed by atoms with Gasteiger partial charge in [0.1, 0.15) is 5.75 Å². The minimum absolute atomic E-state index is 0.0859. The van der Waals surface area contributed by atoms with Crippen LogP contribution in [0.3, 0.4) is 0 Å². The van der Waals surface area contributed by atoms with E-state index < -0.39 is 0 Å². The van der Waals surface area contributed by atoms with Crippen molar-refractivity contribution in [2.24, 2.45) is 5.84 Å². The summed E-state index contributed by atoms with van der Waals surface area (Å²) in [5, 5.41) is 0. The number of nitrogens with two attached hydrogens (primary N) is 1. The summed E-state index contributed by atoms with van der Waals surface area (Å²) in [4.78, 5) is 4.34. The lowest BCUT2D eigenvalue weighted by Crippen LogP contribution is -2.28. The second-order valence-corrected chi connectivity index (χ2v) is 5.32. The van der Waals surface area contributed by atoms with Crippen LogP contribution >= 0.6 is 0 Å². The van der Waals surface area contributed by atoms with E-state index in [2.05, 4.69) is 16.5 Å². The van der Waals surface area contributed by atoms with Gasteiger partial charge in [-0.2, -0.15) is 0 Å². The van der Waals surface area contributed by atoms with Crippen molar-refractivity contribution in [2.75, 3.05) is 0 Å². The number of aromatic nitrogens is 1. The van der Waals surface area contributed by atoms with Crippen molar-refractivity contribution in [2.45, 2.75) is 38.8 Å². The first-order valence-electron chi connectivity index (χ1n) is 7.31. The standard InChI is InChI=1S/C17H23N3O/c1-13(2)21-16-8-5-6-14(12-16)17(20-18)10-9-15-7-3-4-11-19-15/h3-8,11-13,17,20H,9-10,18H2,1-2H3. The molecule has 1 heterocycles. The Kier molecular flexibility index (Phi) is 5.72. The first-order chi connectivity index (χ1) is 10.2. The number of nitrogens with zero attached hydrogens (tertiary/aromatic N) is 1. The van der Waals surface area contributed by atoms with Crippen molar-refractivity contribution >= 4 is 0 Å². The maximum atomic E-state index is 5.73. The average molecular weight is 285 g/mol. The number of nitrogens with one attached hydrogen (secondary N) is 1. The Morgan fingerprint density at radius 1 is 1.19 bits per heavy atom. The third kappa shape index (κ3) is 4.85. The molecular weight excluding hydrogens is 262 g/mol. The van der Waals surface area contributed by atoms with E-state index in [1.54, 1.807) is 0 Å². The van der Waals surface area contributed by atoms with E-state index in [1.807, 2.05) is 56.4 Å². The molecule has 0 saturated carbocycles. The van der Waals surface area contributed by atoms with Crippen LogP contribution in [0, 0.1) is 0 Å². The minimum Gasteiger partial charge on any atom is -0.491 e. The van der Waals surface area contributed by atoms with E-state index >= 15 is 0 Å².